The third kappa shape index (κ3) is 5.26. The van der Waals surface area contributed by atoms with E-state index in [2.05, 4.69) is 31.2 Å². The minimum atomic E-state index is 0.0708. The molecule has 1 saturated heterocycles. The van der Waals surface area contributed by atoms with E-state index in [1.807, 2.05) is 55.5 Å². The lowest BCUT2D eigenvalue weighted by Crippen LogP contribution is -2.43. The van der Waals surface area contributed by atoms with Crippen LogP contribution in [0.2, 0.25) is 0 Å². The van der Waals surface area contributed by atoms with Gasteiger partial charge in [0.1, 0.15) is 11.6 Å². The van der Waals surface area contributed by atoms with Crippen molar-refractivity contribution in [2.75, 3.05) is 57.6 Å². The Hall–Kier alpha value is -3.72. The zero-order chi connectivity index (χ0) is 25.1. The van der Waals surface area contributed by atoms with Gasteiger partial charge in [-0.2, -0.15) is 0 Å². The molecule has 9 nitrogen and oxygen atoms in total. The van der Waals surface area contributed by atoms with Crippen molar-refractivity contribution in [1.82, 2.24) is 24.8 Å². The molecule has 0 spiro atoms. The Bertz CT molecular complexity index is 1210. The average molecular weight is 488 g/mol. The number of carbonyl (C=O) groups is 1. The molecular weight excluding hydrogens is 454 g/mol. The Kier molecular flexibility index (Phi) is 6.99. The van der Waals surface area contributed by atoms with Gasteiger partial charge in [-0.15, -0.1) is 0 Å². The molecule has 0 atom stereocenters. The number of nitrogens with one attached hydrogen (secondary N) is 1. The number of likely N-dealkylation sites (N-methyl/N-ethyl adjacent to an activating group) is 2. The number of pyridine rings is 1. The fraction of sp³-hybridized carbons (Fsp3) is 0.407. The number of hydrogen-bond donors (Lipinski definition) is 1. The maximum atomic E-state index is 13.1. The molecule has 1 N–H and O–H groups in total. The number of nitrogens with zero attached hydrogens (tertiary/aromatic N) is 6. The summed E-state index contributed by atoms with van der Waals surface area (Å²) in [6.45, 7) is 3.89. The number of methoxy groups -OCH3 is 1. The van der Waals surface area contributed by atoms with Crippen molar-refractivity contribution in [3.63, 3.8) is 0 Å². The van der Waals surface area contributed by atoms with Crippen molar-refractivity contribution < 1.29 is 9.53 Å². The highest BCUT2D eigenvalue weighted by molar-refractivity contribution is 5.78. The zero-order valence-corrected chi connectivity index (χ0v) is 21.1. The van der Waals surface area contributed by atoms with Gasteiger partial charge in [-0.05, 0) is 62.3 Å². The van der Waals surface area contributed by atoms with Gasteiger partial charge in [0.15, 0.2) is 0 Å². The molecule has 1 fully saturated rings. The molecule has 0 aliphatic carbocycles. The van der Waals surface area contributed by atoms with Crippen LogP contribution in [0.5, 0.6) is 5.75 Å². The summed E-state index contributed by atoms with van der Waals surface area (Å²) in [4.78, 5) is 33.2. The first-order chi connectivity index (χ1) is 17.5. The summed E-state index contributed by atoms with van der Waals surface area (Å²) in [6.07, 6.45) is 5.31. The monoisotopic (exact) mass is 487 g/mol. The molecule has 36 heavy (non-hydrogen) atoms. The predicted molar refractivity (Wildman–Crippen MR) is 140 cm³/mol. The summed E-state index contributed by atoms with van der Waals surface area (Å²) in [6, 6.07) is 11.9. The molecular formula is C27H33N7O2. The standard InChI is InChI=1S/C27H33N7O2/c1-32-14-15-33(2)26(35)19-9-12-34(13-10-19)18-21-16-22(5-6-24(21)36-3)30-27-28-11-8-23(31-27)20-4-7-25(32)29-17-20/h4-8,11,16-17,19H,9-10,12-15,18H2,1-3H3,(H,28,30,31). The van der Waals surface area contributed by atoms with Crippen molar-refractivity contribution in [2.45, 2.75) is 19.4 Å². The van der Waals surface area contributed by atoms with Gasteiger partial charge < -0.3 is 19.9 Å². The average Bonchev–Trinajstić information content (AvgIpc) is 2.91. The molecule has 0 saturated carbocycles. The van der Waals surface area contributed by atoms with Crippen LogP contribution >= 0.6 is 0 Å². The molecule has 0 unspecified atom stereocenters. The quantitative estimate of drug-likeness (QED) is 0.559. The molecule has 2 aromatic heterocycles. The molecule has 1 aromatic carbocycles. The van der Waals surface area contributed by atoms with E-state index in [4.69, 9.17) is 9.72 Å². The highest BCUT2D eigenvalue weighted by Gasteiger charge is 2.27. The second kappa shape index (κ2) is 10.5. The summed E-state index contributed by atoms with van der Waals surface area (Å²) >= 11 is 0. The molecule has 7 heterocycles. The van der Waals surface area contributed by atoms with Crippen molar-refractivity contribution >= 4 is 23.4 Å². The summed E-state index contributed by atoms with van der Waals surface area (Å²) < 4.78 is 5.64. The van der Waals surface area contributed by atoms with E-state index >= 15 is 0 Å². The third-order valence-electron chi connectivity index (χ3n) is 7.10. The van der Waals surface area contributed by atoms with Gasteiger partial charge in [0.2, 0.25) is 11.9 Å². The van der Waals surface area contributed by atoms with Crippen LogP contribution < -0.4 is 15.0 Å². The number of amides is 1. The van der Waals surface area contributed by atoms with Crippen LogP contribution in [0.15, 0.2) is 48.8 Å². The van der Waals surface area contributed by atoms with Crippen LogP contribution in [0, 0.1) is 5.92 Å². The lowest BCUT2D eigenvalue weighted by atomic mass is 9.95. The summed E-state index contributed by atoms with van der Waals surface area (Å²) in [5.41, 5.74) is 3.70. The Balaban J connectivity index is 1.47. The van der Waals surface area contributed by atoms with Crippen molar-refractivity contribution in [2.24, 2.45) is 5.92 Å². The van der Waals surface area contributed by atoms with Crippen molar-refractivity contribution in [1.29, 1.82) is 0 Å². The maximum absolute atomic E-state index is 13.1. The van der Waals surface area contributed by atoms with Gasteiger partial charge in [0.25, 0.3) is 0 Å². The molecule has 8 rings (SSSR count). The smallest absolute Gasteiger partial charge is 0.227 e. The van der Waals surface area contributed by atoms with Gasteiger partial charge in [-0.1, -0.05) is 0 Å². The molecule has 9 heteroatoms. The normalized spacial score (nSPS) is 20.6. The zero-order valence-electron chi connectivity index (χ0n) is 21.1. The number of carbonyl (C=O) groups excluding carboxylic acids is 1. The fourth-order valence-corrected chi connectivity index (χ4v) is 4.87. The van der Waals surface area contributed by atoms with Crippen molar-refractivity contribution in [3.8, 4) is 17.0 Å². The van der Waals surface area contributed by atoms with Crippen LogP contribution in [0.4, 0.5) is 17.5 Å². The Morgan fingerprint density at radius 3 is 2.53 bits per heavy atom. The van der Waals surface area contributed by atoms with Gasteiger partial charge in [0.05, 0.1) is 12.8 Å². The second-order valence-corrected chi connectivity index (χ2v) is 9.55. The van der Waals surface area contributed by atoms with Gasteiger partial charge in [0, 0.05) is 68.9 Å². The number of rotatable bonds is 1. The van der Waals surface area contributed by atoms with E-state index in [9.17, 15) is 4.79 Å². The Morgan fingerprint density at radius 1 is 0.972 bits per heavy atom. The lowest BCUT2D eigenvalue weighted by Gasteiger charge is -2.34. The van der Waals surface area contributed by atoms with E-state index < -0.39 is 0 Å². The first kappa shape index (κ1) is 24.0. The molecule has 8 bridgehead atoms. The van der Waals surface area contributed by atoms with Crippen LogP contribution in [0.1, 0.15) is 18.4 Å². The highest BCUT2D eigenvalue weighted by Crippen LogP contribution is 2.28. The summed E-state index contributed by atoms with van der Waals surface area (Å²) in [7, 11) is 5.61. The first-order valence-electron chi connectivity index (χ1n) is 12.4. The van der Waals surface area contributed by atoms with E-state index in [0.29, 0.717) is 19.0 Å². The Labute approximate surface area is 212 Å². The number of ether oxygens (including phenoxy) is 1. The minimum Gasteiger partial charge on any atom is -0.496 e. The predicted octanol–water partition coefficient (Wildman–Crippen LogP) is 3.41. The van der Waals surface area contributed by atoms with E-state index in [0.717, 1.165) is 66.6 Å². The third-order valence-corrected chi connectivity index (χ3v) is 7.10. The van der Waals surface area contributed by atoms with Gasteiger partial charge in [-0.3, -0.25) is 9.69 Å². The number of aromatic nitrogens is 3. The van der Waals surface area contributed by atoms with Gasteiger partial charge >= 0.3 is 0 Å². The van der Waals surface area contributed by atoms with Crippen molar-refractivity contribution in [3.05, 3.63) is 54.4 Å². The second-order valence-electron chi connectivity index (χ2n) is 9.55. The van der Waals surface area contributed by atoms with Crippen LogP contribution in [-0.2, 0) is 11.3 Å². The fourth-order valence-electron chi connectivity index (χ4n) is 4.87. The van der Waals surface area contributed by atoms with Crippen LogP contribution in [-0.4, -0.2) is 78.0 Å². The van der Waals surface area contributed by atoms with Gasteiger partial charge in [-0.25, -0.2) is 15.0 Å². The summed E-state index contributed by atoms with van der Waals surface area (Å²) in [5.74, 6) is 2.54. The number of hydrogen-bond acceptors (Lipinski definition) is 8. The minimum absolute atomic E-state index is 0.0708. The number of piperidine rings is 1. The largest absolute Gasteiger partial charge is 0.496 e. The Morgan fingerprint density at radius 2 is 1.78 bits per heavy atom. The van der Waals surface area contributed by atoms with Crippen LogP contribution in [0.3, 0.4) is 0 Å². The first-order valence-corrected chi connectivity index (χ1v) is 12.4. The highest BCUT2D eigenvalue weighted by atomic mass is 16.5. The molecule has 0 radical (unpaired) electrons. The van der Waals surface area contributed by atoms with E-state index in [1.54, 1.807) is 13.3 Å². The molecule has 3 aromatic rings. The molecule has 188 valence electrons. The SMILES string of the molecule is COc1ccc2cc1CN1CCC(CC1)C(=O)N(C)CCN(C)c1ccc(cn1)-c1ccnc(n1)N2. The van der Waals surface area contributed by atoms with E-state index in [1.165, 1.54) is 0 Å². The molecule has 5 aliphatic rings. The topological polar surface area (TPSA) is 86.7 Å². The molecule has 5 aliphatic heterocycles. The van der Waals surface area contributed by atoms with Crippen LogP contribution in [0.25, 0.3) is 11.3 Å². The maximum Gasteiger partial charge on any atom is 0.227 e. The lowest BCUT2D eigenvalue weighted by molar-refractivity contribution is -0.135. The molecule has 1 amide bonds. The summed E-state index contributed by atoms with van der Waals surface area (Å²) in [5, 5.41) is 3.34. The van der Waals surface area contributed by atoms with E-state index in [-0.39, 0.29) is 11.8 Å². The number of anilines is 3. The number of benzene rings is 1.